The van der Waals surface area contributed by atoms with Crippen LogP contribution < -0.4 is 5.32 Å². The van der Waals surface area contributed by atoms with Crippen LogP contribution in [0.4, 0.5) is 11.5 Å². The minimum Gasteiger partial charge on any atom is -0.338 e. The molecular formula is C17H21ClN4O. The number of anilines is 2. The second kappa shape index (κ2) is 7.42. The molecular weight excluding hydrogens is 312 g/mol. The summed E-state index contributed by atoms with van der Waals surface area (Å²) in [5.41, 5.74) is 3.27. The van der Waals surface area contributed by atoms with E-state index in [1.807, 2.05) is 39.8 Å². The fourth-order valence-corrected chi connectivity index (χ4v) is 2.76. The third-order valence-electron chi connectivity index (χ3n) is 3.62. The summed E-state index contributed by atoms with van der Waals surface area (Å²) >= 11 is 6.27. The number of aromatic nitrogens is 2. The molecule has 1 aromatic heterocycles. The SMILES string of the molecule is CCN(CC)C(=O)c1ccc(Nc2c(C)cc(C)cc2Cl)nn1. The van der Waals surface area contributed by atoms with Crippen LogP contribution in [-0.4, -0.2) is 34.1 Å². The van der Waals surface area contributed by atoms with E-state index in [0.29, 0.717) is 29.6 Å². The van der Waals surface area contributed by atoms with E-state index in [-0.39, 0.29) is 5.91 Å². The second-order valence-corrected chi connectivity index (χ2v) is 5.75. The van der Waals surface area contributed by atoms with Gasteiger partial charge in [0.05, 0.1) is 10.7 Å². The van der Waals surface area contributed by atoms with Crippen molar-refractivity contribution in [3.05, 3.63) is 46.1 Å². The Morgan fingerprint density at radius 2 is 1.87 bits per heavy atom. The number of nitrogens with one attached hydrogen (secondary N) is 1. The maximum absolute atomic E-state index is 12.2. The van der Waals surface area contributed by atoms with Crippen LogP contribution in [0.3, 0.4) is 0 Å². The molecule has 0 fully saturated rings. The molecule has 5 nitrogen and oxygen atoms in total. The lowest BCUT2D eigenvalue weighted by Crippen LogP contribution is -2.31. The summed E-state index contributed by atoms with van der Waals surface area (Å²) in [6, 6.07) is 7.34. The second-order valence-electron chi connectivity index (χ2n) is 5.34. The third-order valence-corrected chi connectivity index (χ3v) is 3.92. The van der Waals surface area contributed by atoms with E-state index in [1.165, 1.54) is 0 Å². The van der Waals surface area contributed by atoms with Gasteiger partial charge in [-0.25, -0.2) is 0 Å². The lowest BCUT2D eigenvalue weighted by Gasteiger charge is -2.17. The molecule has 0 unspecified atom stereocenters. The number of amides is 1. The normalized spacial score (nSPS) is 10.5. The van der Waals surface area contributed by atoms with Crippen LogP contribution in [0.25, 0.3) is 0 Å². The first-order valence-corrected chi connectivity index (χ1v) is 8.00. The van der Waals surface area contributed by atoms with E-state index in [4.69, 9.17) is 11.6 Å². The molecule has 122 valence electrons. The average Bonchev–Trinajstić information content (AvgIpc) is 2.52. The van der Waals surface area contributed by atoms with Crippen molar-refractivity contribution in [2.45, 2.75) is 27.7 Å². The summed E-state index contributed by atoms with van der Waals surface area (Å²) in [6.45, 7) is 9.15. The highest BCUT2D eigenvalue weighted by atomic mass is 35.5. The van der Waals surface area contributed by atoms with E-state index in [2.05, 4.69) is 15.5 Å². The Bertz CT molecular complexity index is 673. The summed E-state index contributed by atoms with van der Waals surface area (Å²) < 4.78 is 0. The van der Waals surface area contributed by atoms with E-state index < -0.39 is 0 Å². The summed E-state index contributed by atoms with van der Waals surface area (Å²) in [6.07, 6.45) is 0. The monoisotopic (exact) mass is 332 g/mol. The van der Waals surface area contributed by atoms with Gasteiger partial charge in [0.2, 0.25) is 0 Å². The molecule has 1 amide bonds. The van der Waals surface area contributed by atoms with Crippen molar-refractivity contribution in [1.29, 1.82) is 0 Å². The summed E-state index contributed by atoms with van der Waals surface area (Å²) in [5.74, 6) is 0.438. The first-order chi connectivity index (χ1) is 11.0. The van der Waals surface area contributed by atoms with Crippen LogP contribution >= 0.6 is 11.6 Å². The Morgan fingerprint density at radius 3 is 2.39 bits per heavy atom. The van der Waals surface area contributed by atoms with Gasteiger partial charge in [-0.3, -0.25) is 4.79 Å². The minimum absolute atomic E-state index is 0.112. The Labute approximate surface area is 141 Å². The molecule has 6 heteroatoms. The quantitative estimate of drug-likeness (QED) is 0.900. The van der Waals surface area contributed by atoms with Gasteiger partial charge in [0.1, 0.15) is 0 Å². The van der Waals surface area contributed by atoms with E-state index in [1.54, 1.807) is 17.0 Å². The molecule has 0 aliphatic rings. The van der Waals surface area contributed by atoms with Gasteiger partial charge < -0.3 is 10.2 Å². The molecule has 0 aliphatic heterocycles. The number of hydrogen-bond acceptors (Lipinski definition) is 4. The van der Waals surface area contributed by atoms with Gasteiger partial charge in [0.15, 0.2) is 11.5 Å². The van der Waals surface area contributed by atoms with Crippen molar-refractivity contribution in [2.75, 3.05) is 18.4 Å². The van der Waals surface area contributed by atoms with Crippen molar-refractivity contribution >= 4 is 29.0 Å². The van der Waals surface area contributed by atoms with Crippen LogP contribution in [-0.2, 0) is 0 Å². The zero-order valence-electron chi connectivity index (χ0n) is 13.9. The van der Waals surface area contributed by atoms with Crippen LogP contribution in [0.2, 0.25) is 5.02 Å². The molecule has 1 aromatic carbocycles. The van der Waals surface area contributed by atoms with Crippen molar-refractivity contribution in [1.82, 2.24) is 15.1 Å². The average molecular weight is 333 g/mol. The molecule has 0 bridgehead atoms. The smallest absolute Gasteiger partial charge is 0.274 e. The van der Waals surface area contributed by atoms with Gasteiger partial charge in [0.25, 0.3) is 5.91 Å². The zero-order valence-corrected chi connectivity index (χ0v) is 14.6. The predicted molar refractivity (Wildman–Crippen MR) is 93.5 cm³/mol. The van der Waals surface area contributed by atoms with Gasteiger partial charge in [0, 0.05) is 13.1 Å². The van der Waals surface area contributed by atoms with Gasteiger partial charge in [-0.15, -0.1) is 10.2 Å². The number of hydrogen-bond donors (Lipinski definition) is 1. The van der Waals surface area contributed by atoms with Gasteiger partial charge in [-0.1, -0.05) is 17.7 Å². The molecule has 0 aliphatic carbocycles. The molecule has 0 saturated heterocycles. The molecule has 0 atom stereocenters. The Morgan fingerprint density at radius 1 is 1.17 bits per heavy atom. The topological polar surface area (TPSA) is 58.1 Å². The van der Waals surface area contributed by atoms with Crippen molar-refractivity contribution in [3.8, 4) is 0 Å². The first-order valence-electron chi connectivity index (χ1n) is 7.63. The molecule has 0 saturated carbocycles. The summed E-state index contributed by atoms with van der Waals surface area (Å²) in [4.78, 5) is 13.9. The van der Waals surface area contributed by atoms with Crippen molar-refractivity contribution < 1.29 is 4.79 Å². The largest absolute Gasteiger partial charge is 0.338 e. The fourth-order valence-electron chi connectivity index (χ4n) is 2.39. The number of carbonyl (C=O) groups excluding carboxylic acids is 1. The Kier molecular flexibility index (Phi) is 5.55. The lowest BCUT2D eigenvalue weighted by molar-refractivity contribution is 0.0766. The standard InChI is InChI=1S/C17H21ClN4O/c1-5-22(6-2)17(23)14-7-8-15(21-20-14)19-16-12(4)9-11(3)10-13(16)18/h7-10H,5-6H2,1-4H3,(H,19,21). The van der Waals surface area contributed by atoms with E-state index in [0.717, 1.165) is 16.8 Å². The highest BCUT2D eigenvalue weighted by molar-refractivity contribution is 6.33. The zero-order chi connectivity index (χ0) is 17.0. The Hall–Kier alpha value is -2.14. The predicted octanol–water partition coefficient (Wildman–Crippen LogP) is 3.97. The van der Waals surface area contributed by atoms with Crippen LogP contribution in [0.5, 0.6) is 0 Å². The molecule has 2 aromatic rings. The van der Waals surface area contributed by atoms with E-state index >= 15 is 0 Å². The highest BCUT2D eigenvalue weighted by Gasteiger charge is 2.14. The lowest BCUT2D eigenvalue weighted by atomic mass is 10.1. The maximum atomic E-state index is 12.2. The van der Waals surface area contributed by atoms with Gasteiger partial charge in [-0.2, -0.15) is 0 Å². The van der Waals surface area contributed by atoms with Crippen molar-refractivity contribution in [2.24, 2.45) is 0 Å². The molecule has 0 spiro atoms. The molecule has 1 N–H and O–H groups in total. The maximum Gasteiger partial charge on any atom is 0.274 e. The molecule has 0 radical (unpaired) electrons. The number of carbonyl (C=O) groups is 1. The van der Waals surface area contributed by atoms with Crippen molar-refractivity contribution in [3.63, 3.8) is 0 Å². The molecule has 2 rings (SSSR count). The molecule has 23 heavy (non-hydrogen) atoms. The van der Waals surface area contributed by atoms with Crippen LogP contribution in [0, 0.1) is 13.8 Å². The number of aryl methyl sites for hydroxylation is 2. The number of halogens is 1. The third kappa shape index (κ3) is 3.99. The number of rotatable bonds is 5. The molecule has 1 heterocycles. The van der Waals surface area contributed by atoms with Crippen LogP contribution in [0.1, 0.15) is 35.5 Å². The number of nitrogens with zero attached hydrogens (tertiary/aromatic N) is 3. The van der Waals surface area contributed by atoms with E-state index in [9.17, 15) is 4.79 Å². The van der Waals surface area contributed by atoms with Gasteiger partial charge in [-0.05, 0) is 57.0 Å². The van der Waals surface area contributed by atoms with Crippen LogP contribution in [0.15, 0.2) is 24.3 Å². The Balaban J connectivity index is 2.19. The fraction of sp³-hybridized carbons (Fsp3) is 0.353. The first kappa shape index (κ1) is 17.2. The summed E-state index contributed by atoms with van der Waals surface area (Å²) in [7, 11) is 0. The summed E-state index contributed by atoms with van der Waals surface area (Å²) in [5, 5.41) is 11.9. The highest BCUT2D eigenvalue weighted by Crippen LogP contribution is 2.29. The minimum atomic E-state index is -0.112. The number of benzene rings is 1. The van der Waals surface area contributed by atoms with Gasteiger partial charge >= 0.3 is 0 Å².